The second kappa shape index (κ2) is 7.72. The molecule has 0 aromatic carbocycles. The number of aromatic nitrogens is 1. The molecule has 1 atom stereocenters. The fourth-order valence-electron chi connectivity index (χ4n) is 2.42. The summed E-state index contributed by atoms with van der Waals surface area (Å²) in [5, 5.41) is 3.44. The second-order valence-electron chi connectivity index (χ2n) is 6.10. The van der Waals surface area contributed by atoms with E-state index in [-0.39, 0.29) is 0 Å². The molecule has 1 unspecified atom stereocenters. The van der Waals surface area contributed by atoms with Gasteiger partial charge in [0.15, 0.2) is 0 Å². The van der Waals surface area contributed by atoms with Gasteiger partial charge in [0, 0.05) is 32.4 Å². The van der Waals surface area contributed by atoms with E-state index in [9.17, 15) is 0 Å². The Labute approximate surface area is 122 Å². The highest BCUT2D eigenvalue weighted by molar-refractivity contribution is 5.14. The lowest BCUT2D eigenvalue weighted by Crippen LogP contribution is -2.40. The predicted molar refractivity (Wildman–Crippen MR) is 81.5 cm³/mol. The van der Waals surface area contributed by atoms with Gasteiger partial charge in [-0.3, -0.25) is 9.88 Å². The summed E-state index contributed by atoms with van der Waals surface area (Å²) in [5.41, 5.74) is 2.40. The first-order valence-corrected chi connectivity index (χ1v) is 7.62. The monoisotopic (exact) mass is 277 g/mol. The average Bonchev–Trinajstić information content (AvgIpc) is 2.40. The van der Waals surface area contributed by atoms with Gasteiger partial charge in [0.05, 0.1) is 18.4 Å². The van der Waals surface area contributed by atoms with Crippen molar-refractivity contribution in [2.24, 2.45) is 5.92 Å². The van der Waals surface area contributed by atoms with E-state index in [2.05, 4.69) is 48.1 Å². The van der Waals surface area contributed by atoms with Gasteiger partial charge < -0.3 is 10.1 Å². The van der Waals surface area contributed by atoms with Gasteiger partial charge in [-0.05, 0) is 31.0 Å². The van der Waals surface area contributed by atoms with Crippen molar-refractivity contribution in [2.75, 3.05) is 26.2 Å². The molecular weight excluding hydrogens is 250 g/mol. The van der Waals surface area contributed by atoms with Crippen molar-refractivity contribution < 1.29 is 4.74 Å². The fraction of sp³-hybridized carbons (Fsp3) is 0.688. The standard InChI is InChI=1S/C16H27N3O/c1-13(2)8-17-9-15-4-5-16(18-10-15)12-19-6-7-20-14(3)11-19/h4-5,10,13-14,17H,6-9,11-12H2,1-3H3. The number of pyridine rings is 1. The number of nitrogens with zero attached hydrogens (tertiary/aromatic N) is 2. The summed E-state index contributed by atoms with van der Waals surface area (Å²) < 4.78 is 5.56. The molecule has 4 heteroatoms. The highest BCUT2D eigenvalue weighted by Crippen LogP contribution is 2.09. The molecule has 0 aliphatic carbocycles. The maximum atomic E-state index is 5.56. The van der Waals surface area contributed by atoms with Crippen molar-refractivity contribution in [1.29, 1.82) is 0 Å². The van der Waals surface area contributed by atoms with E-state index in [1.54, 1.807) is 0 Å². The minimum Gasteiger partial charge on any atom is -0.376 e. The number of rotatable bonds is 6. The highest BCUT2D eigenvalue weighted by atomic mass is 16.5. The molecule has 1 aliphatic rings. The Bertz CT molecular complexity index is 391. The zero-order valence-electron chi connectivity index (χ0n) is 12.9. The van der Waals surface area contributed by atoms with E-state index in [0.717, 1.165) is 45.0 Å². The van der Waals surface area contributed by atoms with Crippen LogP contribution in [0.3, 0.4) is 0 Å². The molecular formula is C16H27N3O. The number of ether oxygens (including phenoxy) is 1. The first-order valence-electron chi connectivity index (χ1n) is 7.62. The van der Waals surface area contributed by atoms with Gasteiger partial charge in [0.2, 0.25) is 0 Å². The minimum absolute atomic E-state index is 0.336. The van der Waals surface area contributed by atoms with Gasteiger partial charge in [0.1, 0.15) is 0 Å². The van der Waals surface area contributed by atoms with Crippen LogP contribution in [0.5, 0.6) is 0 Å². The van der Waals surface area contributed by atoms with Crippen molar-refractivity contribution in [3.05, 3.63) is 29.6 Å². The number of hydrogen-bond donors (Lipinski definition) is 1. The molecule has 1 N–H and O–H groups in total. The van der Waals surface area contributed by atoms with Gasteiger partial charge in [-0.1, -0.05) is 19.9 Å². The fourth-order valence-corrected chi connectivity index (χ4v) is 2.42. The van der Waals surface area contributed by atoms with Crippen LogP contribution in [0.4, 0.5) is 0 Å². The van der Waals surface area contributed by atoms with E-state index in [1.165, 1.54) is 5.56 Å². The van der Waals surface area contributed by atoms with Crippen LogP contribution in [0.25, 0.3) is 0 Å². The number of morpholine rings is 1. The average molecular weight is 277 g/mol. The molecule has 1 aromatic heterocycles. The normalized spacial score (nSPS) is 20.5. The molecule has 0 spiro atoms. The molecule has 0 bridgehead atoms. The van der Waals surface area contributed by atoms with Crippen LogP contribution in [-0.2, 0) is 17.8 Å². The van der Waals surface area contributed by atoms with E-state index >= 15 is 0 Å². The molecule has 20 heavy (non-hydrogen) atoms. The Balaban J connectivity index is 1.79. The van der Waals surface area contributed by atoms with Crippen molar-refractivity contribution in [3.63, 3.8) is 0 Å². The van der Waals surface area contributed by atoms with E-state index in [0.29, 0.717) is 12.0 Å². The van der Waals surface area contributed by atoms with Gasteiger partial charge in [0.25, 0.3) is 0 Å². The van der Waals surface area contributed by atoms with Gasteiger partial charge in [-0.15, -0.1) is 0 Å². The van der Waals surface area contributed by atoms with Crippen LogP contribution >= 0.6 is 0 Å². The molecule has 0 radical (unpaired) electrons. The summed E-state index contributed by atoms with van der Waals surface area (Å²) in [5.74, 6) is 0.686. The predicted octanol–water partition coefficient (Wildman–Crippen LogP) is 2.05. The summed E-state index contributed by atoms with van der Waals surface area (Å²) >= 11 is 0. The third-order valence-corrected chi connectivity index (χ3v) is 3.48. The van der Waals surface area contributed by atoms with Gasteiger partial charge in [-0.25, -0.2) is 0 Å². The van der Waals surface area contributed by atoms with Crippen molar-refractivity contribution in [1.82, 2.24) is 15.2 Å². The van der Waals surface area contributed by atoms with E-state index in [4.69, 9.17) is 4.74 Å². The molecule has 2 heterocycles. The third-order valence-electron chi connectivity index (χ3n) is 3.48. The highest BCUT2D eigenvalue weighted by Gasteiger charge is 2.16. The summed E-state index contributed by atoms with van der Waals surface area (Å²) in [6.45, 7) is 12.3. The topological polar surface area (TPSA) is 37.4 Å². The van der Waals surface area contributed by atoms with E-state index < -0.39 is 0 Å². The summed E-state index contributed by atoms with van der Waals surface area (Å²) in [6.07, 6.45) is 2.33. The van der Waals surface area contributed by atoms with Crippen LogP contribution in [0.1, 0.15) is 32.0 Å². The Morgan fingerprint density at radius 1 is 1.45 bits per heavy atom. The lowest BCUT2D eigenvalue weighted by Gasteiger charge is -2.30. The van der Waals surface area contributed by atoms with Crippen LogP contribution in [-0.4, -0.2) is 42.2 Å². The lowest BCUT2D eigenvalue weighted by molar-refractivity contribution is -0.0215. The SMILES string of the molecule is CC(C)CNCc1ccc(CN2CCOC(C)C2)nc1. The van der Waals surface area contributed by atoms with Gasteiger partial charge >= 0.3 is 0 Å². The van der Waals surface area contributed by atoms with Gasteiger partial charge in [-0.2, -0.15) is 0 Å². The Kier molecular flexibility index (Phi) is 5.95. The van der Waals surface area contributed by atoms with Crippen LogP contribution in [0, 0.1) is 5.92 Å². The molecule has 1 aliphatic heterocycles. The molecule has 0 saturated carbocycles. The zero-order chi connectivity index (χ0) is 14.4. The van der Waals surface area contributed by atoms with Crippen molar-refractivity contribution in [3.8, 4) is 0 Å². The number of nitrogens with one attached hydrogen (secondary N) is 1. The van der Waals surface area contributed by atoms with Crippen LogP contribution in [0.2, 0.25) is 0 Å². The lowest BCUT2D eigenvalue weighted by atomic mass is 10.2. The Morgan fingerprint density at radius 3 is 2.95 bits per heavy atom. The quantitative estimate of drug-likeness (QED) is 0.863. The van der Waals surface area contributed by atoms with Crippen LogP contribution < -0.4 is 5.32 Å². The maximum absolute atomic E-state index is 5.56. The second-order valence-corrected chi connectivity index (χ2v) is 6.10. The van der Waals surface area contributed by atoms with E-state index in [1.807, 2.05) is 6.20 Å². The molecule has 4 nitrogen and oxygen atoms in total. The molecule has 1 fully saturated rings. The first-order chi connectivity index (χ1) is 9.63. The van der Waals surface area contributed by atoms with Crippen molar-refractivity contribution in [2.45, 2.75) is 40.0 Å². The zero-order valence-corrected chi connectivity index (χ0v) is 12.9. The number of hydrogen-bond acceptors (Lipinski definition) is 4. The summed E-state index contributed by atoms with van der Waals surface area (Å²) in [4.78, 5) is 6.98. The van der Waals surface area contributed by atoms with Crippen LogP contribution in [0.15, 0.2) is 18.3 Å². The molecule has 112 valence electrons. The Hall–Kier alpha value is -0.970. The Morgan fingerprint density at radius 2 is 2.30 bits per heavy atom. The third kappa shape index (κ3) is 5.19. The molecule has 1 aromatic rings. The summed E-state index contributed by atoms with van der Waals surface area (Å²) in [6, 6.07) is 4.33. The first kappa shape index (κ1) is 15.4. The smallest absolute Gasteiger partial charge is 0.0674 e. The molecule has 0 amide bonds. The summed E-state index contributed by atoms with van der Waals surface area (Å²) in [7, 11) is 0. The molecule has 1 saturated heterocycles. The van der Waals surface area contributed by atoms with Crippen molar-refractivity contribution >= 4 is 0 Å². The molecule has 2 rings (SSSR count). The minimum atomic E-state index is 0.336. The largest absolute Gasteiger partial charge is 0.376 e. The maximum Gasteiger partial charge on any atom is 0.0674 e.